The van der Waals surface area contributed by atoms with Crippen LogP contribution in [0.5, 0.6) is 11.5 Å². The number of nitrogen functional groups attached to an aromatic ring is 1. The highest BCUT2D eigenvalue weighted by atomic mass is 79.9. The van der Waals surface area contributed by atoms with Crippen molar-refractivity contribution in [2.45, 2.75) is 6.92 Å². The van der Waals surface area contributed by atoms with Gasteiger partial charge in [0.25, 0.3) is 0 Å². The van der Waals surface area contributed by atoms with E-state index in [0.29, 0.717) is 18.0 Å². The Morgan fingerprint density at radius 3 is 2.52 bits per heavy atom. The van der Waals surface area contributed by atoms with Crippen molar-refractivity contribution < 1.29 is 9.47 Å². The van der Waals surface area contributed by atoms with Crippen LogP contribution in [-0.2, 0) is 0 Å². The van der Waals surface area contributed by atoms with Crippen molar-refractivity contribution in [2.24, 2.45) is 0 Å². The largest absolute Gasteiger partial charge is 0.495 e. The lowest BCUT2D eigenvalue weighted by atomic mass is 10.2. The van der Waals surface area contributed by atoms with E-state index in [2.05, 4.69) is 37.2 Å². The van der Waals surface area contributed by atoms with Crippen molar-refractivity contribution in [1.82, 2.24) is 0 Å². The number of halogens is 2. The molecule has 2 aromatic carbocycles. The zero-order valence-corrected chi connectivity index (χ0v) is 14.9. The number of rotatable bonds is 5. The van der Waals surface area contributed by atoms with E-state index >= 15 is 0 Å². The van der Waals surface area contributed by atoms with Gasteiger partial charge in [-0.25, -0.2) is 0 Å². The number of nitrogens with two attached hydrogens (primary N) is 1. The maximum Gasteiger partial charge on any atom is 0.144 e. The van der Waals surface area contributed by atoms with Crippen molar-refractivity contribution in [3.63, 3.8) is 0 Å². The lowest BCUT2D eigenvalue weighted by molar-refractivity contribution is 0.342. The number of hydrogen-bond donors (Lipinski definition) is 2. The van der Waals surface area contributed by atoms with Gasteiger partial charge in [-0.05, 0) is 57.0 Å². The van der Waals surface area contributed by atoms with E-state index in [-0.39, 0.29) is 0 Å². The van der Waals surface area contributed by atoms with Crippen LogP contribution in [0.25, 0.3) is 0 Å². The Kier molecular flexibility index (Phi) is 5.36. The molecule has 3 N–H and O–H groups in total. The molecule has 0 fully saturated rings. The number of hydrogen-bond acceptors (Lipinski definition) is 4. The third-order valence-electron chi connectivity index (χ3n) is 2.88. The molecule has 112 valence electrons. The number of nitrogens with one attached hydrogen (secondary N) is 1. The maximum atomic E-state index is 6.12. The van der Waals surface area contributed by atoms with Crippen LogP contribution < -0.4 is 20.5 Å². The van der Waals surface area contributed by atoms with Gasteiger partial charge >= 0.3 is 0 Å². The summed E-state index contributed by atoms with van der Waals surface area (Å²) in [5, 5.41) is 3.29. The van der Waals surface area contributed by atoms with Crippen LogP contribution in [0.15, 0.2) is 39.3 Å². The second-order valence-electron chi connectivity index (χ2n) is 4.24. The summed E-state index contributed by atoms with van der Waals surface area (Å²) in [5.74, 6) is 1.41. The minimum atomic E-state index is 0.573. The van der Waals surface area contributed by atoms with Gasteiger partial charge in [0.2, 0.25) is 0 Å². The second-order valence-corrected chi connectivity index (χ2v) is 5.95. The standard InChI is InChI=1S/C15H16Br2N2O2/c1-3-21-13-6-4-5-11(15(13)18)19-12-8-14(20-2)10(17)7-9(12)16/h4-8,19H,3,18H2,1-2H3. The molecule has 0 bridgehead atoms. The zero-order valence-electron chi connectivity index (χ0n) is 11.7. The van der Waals surface area contributed by atoms with E-state index in [4.69, 9.17) is 15.2 Å². The highest BCUT2D eigenvalue weighted by molar-refractivity contribution is 9.11. The van der Waals surface area contributed by atoms with Gasteiger partial charge in [0, 0.05) is 10.5 Å². The molecule has 0 unspecified atom stereocenters. The minimum absolute atomic E-state index is 0.573. The minimum Gasteiger partial charge on any atom is -0.495 e. The predicted molar refractivity (Wildman–Crippen MR) is 93.7 cm³/mol. The van der Waals surface area contributed by atoms with Crippen LogP contribution in [0.3, 0.4) is 0 Å². The van der Waals surface area contributed by atoms with Crippen LogP contribution in [0.4, 0.5) is 17.1 Å². The summed E-state index contributed by atoms with van der Waals surface area (Å²) in [5.41, 5.74) is 8.34. The van der Waals surface area contributed by atoms with Gasteiger partial charge in [0.1, 0.15) is 11.5 Å². The van der Waals surface area contributed by atoms with Crippen LogP contribution in [-0.4, -0.2) is 13.7 Å². The van der Waals surface area contributed by atoms with Crippen molar-refractivity contribution in [3.05, 3.63) is 39.3 Å². The number of anilines is 3. The molecule has 2 rings (SSSR count). The Bertz CT molecular complexity index is 648. The summed E-state index contributed by atoms with van der Waals surface area (Å²) in [6.07, 6.45) is 0. The van der Waals surface area contributed by atoms with Gasteiger partial charge < -0.3 is 20.5 Å². The first-order valence-corrected chi connectivity index (χ1v) is 7.96. The first kappa shape index (κ1) is 16.0. The number of methoxy groups -OCH3 is 1. The molecule has 6 heteroatoms. The monoisotopic (exact) mass is 414 g/mol. The lowest BCUT2D eigenvalue weighted by Gasteiger charge is -2.15. The fourth-order valence-electron chi connectivity index (χ4n) is 1.86. The van der Waals surface area contributed by atoms with E-state index in [9.17, 15) is 0 Å². The summed E-state index contributed by atoms with van der Waals surface area (Å²) < 4.78 is 12.6. The first-order chi connectivity index (χ1) is 10.1. The third-order valence-corrected chi connectivity index (χ3v) is 4.15. The first-order valence-electron chi connectivity index (χ1n) is 6.38. The summed E-state index contributed by atoms with van der Waals surface area (Å²) in [6, 6.07) is 9.46. The van der Waals surface area contributed by atoms with Crippen molar-refractivity contribution in [3.8, 4) is 11.5 Å². The van der Waals surface area contributed by atoms with E-state index in [1.54, 1.807) is 7.11 Å². The third kappa shape index (κ3) is 3.63. The molecule has 0 atom stereocenters. The van der Waals surface area contributed by atoms with E-state index in [1.807, 2.05) is 37.3 Å². The van der Waals surface area contributed by atoms with Gasteiger partial charge in [-0.15, -0.1) is 0 Å². The SMILES string of the molecule is CCOc1cccc(Nc2cc(OC)c(Br)cc2Br)c1N. The van der Waals surface area contributed by atoms with E-state index in [0.717, 1.165) is 26.1 Å². The normalized spacial score (nSPS) is 10.3. The summed E-state index contributed by atoms with van der Waals surface area (Å²) in [6.45, 7) is 2.50. The molecule has 0 radical (unpaired) electrons. The Balaban J connectivity index is 2.36. The molecule has 0 aliphatic heterocycles. The van der Waals surface area contributed by atoms with Gasteiger partial charge in [-0.1, -0.05) is 6.07 Å². The predicted octanol–water partition coefficient (Wildman–Crippen LogP) is 4.94. The highest BCUT2D eigenvalue weighted by Crippen LogP contribution is 2.38. The summed E-state index contributed by atoms with van der Waals surface area (Å²) in [7, 11) is 1.63. The van der Waals surface area contributed by atoms with Crippen LogP contribution in [0, 0.1) is 0 Å². The average molecular weight is 416 g/mol. The molecule has 21 heavy (non-hydrogen) atoms. The van der Waals surface area contributed by atoms with Gasteiger partial charge in [0.15, 0.2) is 0 Å². The molecule has 0 saturated heterocycles. The molecule has 0 saturated carbocycles. The number of benzene rings is 2. The van der Waals surface area contributed by atoms with Crippen LogP contribution in [0.2, 0.25) is 0 Å². The van der Waals surface area contributed by atoms with Crippen molar-refractivity contribution in [1.29, 1.82) is 0 Å². The molecular weight excluding hydrogens is 400 g/mol. The average Bonchev–Trinajstić information content (AvgIpc) is 2.46. The maximum absolute atomic E-state index is 6.12. The Morgan fingerprint density at radius 1 is 1.10 bits per heavy atom. The summed E-state index contributed by atoms with van der Waals surface area (Å²) >= 11 is 6.97. The van der Waals surface area contributed by atoms with Crippen molar-refractivity contribution in [2.75, 3.05) is 24.8 Å². The topological polar surface area (TPSA) is 56.5 Å². The molecule has 0 heterocycles. The van der Waals surface area contributed by atoms with E-state index < -0.39 is 0 Å². The van der Waals surface area contributed by atoms with E-state index in [1.165, 1.54) is 0 Å². The Labute approximate surface area is 140 Å². The highest BCUT2D eigenvalue weighted by Gasteiger charge is 2.10. The fraction of sp³-hybridized carbons (Fsp3) is 0.200. The fourth-order valence-corrected chi connectivity index (χ4v) is 3.12. The molecule has 0 aliphatic rings. The Hall–Kier alpha value is -1.40. The Morgan fingerprint density at radius 2 is 1.86 bits per heavy atom. The second kappa shape index (κ2) is 7.04. The van der Waals surface area contributed by atoms with Gasteiger partial charge in [-0.2, -0.15) is 0 Å². The lowest BCUT2D eigenvalue weighted by Crippen LogP contribution is -2.01. The number of para-hydroxylation sites is 1. The van der Waals surface area contributed by atoms with Crippen LogP contribution in [0.1, 0.15) is 6.92 Å². The van der Waals surface area contributed by atoms with Crippen LogP contribution >= 0.6 is 31.9 Å². The molecular formula is C15H16Br2N2O2. The molecule has 0 amide bonds. The molecule has 0 spiro atoms. The van der Waals surface area contributed by atoms with Gasteiger partial charge in [-0.3, -0.25) is 0 Å². The molecule has 2 aromatic rings. The molecule has 4 nitrogen and oxygen atoms in total. The molecule has 0 aromatic heterocycles. The number of ether oxygens (including phenoxy) is 2. The molecule has 0 aliphatic carbocycles. The summed E-state index contributed by atoms with van der Waals surface area (Å²) in [4.78, 5) is 0. The quantitative estimate of drug-likeness (QED) is 0.678. The van der Waals surface area contributed by atoms with Crippen molar-refractivity contribution >= 4 is 48.9 Å². The zero-order chi connectivity index (χ0) is 15.4. The van der Waals surface area contributed by atoms with Gasteiger partial charge in [0.05, 0.1) is 35.3 Å². The smallest absolute Gasteiger partial charge is 0.144 e.